The van der Waals surface area contributed by atoms with E-state index >= 15 is 0 Å². The Bertz CT molecular complexity index is 567. The molecule has 0 aliphatic heterocycles. The molecule has 2 rings (SSSR count). The van der Waals surface area contributed by atoms with Crippen LogP contribution in [0.3, 0.4) is 0 Å². The number of halogens is 2. The van der Waals surface area contributed by atoms with Crippen molar-refractivity contribution < 1.29 is 13.2 Å². The molecule has 0 radical (unpaired) electrons. The molecule has 0 atom stereocenters. The largest absolute Gasteiger partial charge is 0.492 e. The second-order valence-corrected chi connectivity index (χ2v) is 8.66. The van der Waals surface area contributed by atoms with Crippen LogP contribution < -0.4 is 4.74 Å². The predicted octanol–water partition coefficient (Wildman–Crippen LogP) is 4.01. The molecule has 0 spiro atoms. The fourth-order valence-electron chi connectivity index (χ4n) is 2.12. The summed E-state index contributed by atoms with van der Waals surface area (Å²) in [7, 11) is 1.75. The van der Waals surface area contributed by atoms with Crippen molar-refractivity contribution in [3.8, 4) is 5.75 Å². The Morgan fingerprint density at radius 3 is 2.63 bits per heavy atom. The van der Waals surface area contributed by atoms with E-state index in [0.29, 0.717) is 23.8 Å². The van der Waals surface area contributed by atoms with Crippen molar-refractivity contribution in [2.24, 2.45) is 5.92 Å². The molecule has 6 heteroatoms. The van der Waals surface area contributed by atoms with Crippen LogP contribution in [0.4, 0.5) is 0 Å². The molecule has 0 saturated heterocycles. The van der Waals surface area contributed by atoms with Crippen molar-refractivity contribution in [2.45, 2.75) is 31.9 Å². The first-order chi connectivity index (χ1) is 8.85. The minimum atomic E-state index is -3.59. The summed E-state index contributed by atoms with van der Waals surface area (Å²) in [6, 6.07) is 3.72. The standard InChI is InChI=1S/C13H16BrClO3S/c1-9-5-11(8-19(15,16)17)13(12(14)6-9)18-7-10-3-2-4-10/h5-6,10H,2-4,7-8H2,1H3. The van der Waals surface area contributed by atoms with E-state index in [1.165, 1.54) is 19.3 Å². The van der Waals surface area contributed by atoms with Crippen molar-refractivity contribution in [1.82, 2.24) is 0 Å². The maximum absolute atomic E-state index is 11.3. The highest BCUT2D eigenvalue weighted by atomic mass is 79.9. The van der Waals surface area contributed by atoms with Crippen molar-refractivity contribution in [2.75, 3.05) is 6.61 Å². The Kier molecular flexibility index (Phi) is 4.79. The lowest BCUT2D eigenvalue weighted by Gasteiger charge is -2.26. The van der Waals surface area contributed by atoms with E-state index in [-0.39, 0.29) is 5.75 Å². The lowest BCUT2D eigenvalue weighted by Crippen LogP contribution is -2.20. The van der Waals surface area contributed by atoms with Gasteiger partial charge in [0.2, 0.25) is 9.05 Å². The zero-order valence-electron chi connectivity index (χ0n) is 10.7. The van der Waals surface area contributed by atoms with E-state index < -0.39 is 9.05 Å². The van der Waals surface area contributed by atoms with Crippen LogP contribution in [-0.4, -0.2) is 15.0 Å². The lowest BCUT2D eigenvalue weighted by molar-refractivity contribution is 0.179. The monoisotopic (exact) mass is 366 g/mol. The second-order valence-electron chi connectivity index (χ2n) is 5.03. The van der Waals surface area contributed by atoms with E-state index in [0.717, 1.165) is 10.0 Å². The summed E-state index contributed by atoms with van der Waals surface area (Å²) in [6.07, 6.45) is 3.63. The Morgan fingerprint density at radius 2 is 2.11 bits per heavy atom. The summed E-state index contributed by atoms with van der Waals surface area (Å²) in [6.45, 7) is 2.54. The molecule has 3 nitrogen and oxygen atoms in total. The molecule has 1 aromatic carbocycles. The third kappa shape index (κ3) is 4.36. The first-order valence-electron chi connectivity index (χ1n) is 6.19. The molecule has 106 valence electrons. The summed E-state index contributed by atoms with van der Waals surface area (Å²) in [5.41, 5.74) is 1.58. The number of aryl methyl sites for hydroxylation is 1. The summed E-state index contributed by atoms with van der Waals surface area (Å²) < 4.78 is 29.1. The highest BCUT2D eigenvalue weighted by Crippen LogP contribution is 2.34. The Balaban J connectivity index is 2.22. The van der Waals surface area contributed by atoms with Crippen molar-refractivity contribution in [3.63, 3.8) is 0 Å². The van der Waals surface area contributed by atoms with Crippen LogP contribution in [-0.2, 0) is 14.8 Å². The molecule has 0 heterocycles. The highest BCUT2D eigenvalue weighted by Gasteiger charge is 2.21. The van der Waals surface area contributed by atoms with Gasteiger partial charge in [-0.25, -0.2) is 8.42 Å². The molecule has 1 fully saturated rings. The van der Waals surface area contributed by atoms with Gasteiger partial charge in [0.15, 0.2) is 0 Å². The van der Waals surface area contributed by atoms with Crippen LogP contribution in [0.15, 0.2) is 16.6 Å². The van der Waals surface area contributed by atoms with Crippen LogP contribution in [0.25, 0.3) is 0 Å². The summed E-state index contributed by atoms with van der Waals surface area (Å²) in [5.74, 6) is 0.977. The van der Waals surface area contributed by atoms with Gasteiger partial charge in [0.1, 0.15) is 5.75 Å². The van der Waals surface area contributed by atoms with Gasteiger partial charge >= 0.3 is 0 Å². The van der Waals surface area contributed by atoms with Crippen LogP contribution in [0.2, 0.25) is 0 Å². The Morgan fingerprint density at radius 1 is 1.42 bits per heavy atom. The normalized spacial score (nSPS) is 16.2. The molecule has 0 amide bonds. The summed E-state index contributed by atoms with van der Waals surface area (Å²) in [5, 5.41) is 0. The predicted molar refractivity (Wildman–Crippen MR) is 80.2 cm³/mol. The number of hydrogen-bond donors (Lipinski definition) is 0. The molecular formula is C13H16BrClO3S. The maximum atomic E-state index is 11.3. The fraction of sp³-hybridized carbons (Fsp3) is 0.538. The molecule has 0 bridgehead atoms. The van der Waals surface area contributed by atoms with Crippen LogP contribution in [0, 0.1) is 12.8 Å². The van der Waals surface area contributed by atoms with Crippen molar-refractivity contribution in [1.29, 1.82) is 0 Å². The molecule has 1 aliphatic rings. The molecule has 0 unspecified atom stereocenters. The van der Waals surface area contributed by atoms with Gasteiger partial charge in [-0.3, -0.25) is 0 Å². The molecular weight excluding hydrogens is 352 g/mol. The Labute approximate surface area is 126 Å². The van der Waals surface area contributed by atoms with Crippen molar-refractivity contribution >= 4 is 35.7 Å². The SMILES string of the molecule is Cc1cc(Br)c(OCC2CCC2)c(CS(=O)(=O)Cl)c1. The lowest BCUT2D eigenvalue weighted by atomic mass is 9.86. The van der Waals surface area contributed by atoms with Gasteiger partial charge in [-0.05, 0) is 53.2 Å². The topological polar surface area (TPSA) is 43.4 Å². The summed E-state index contributed by atoms with van der Waals surface area (Å²) in [4.78, 5) is 0. The maximum Gasteiger partial charge on any atom is 0.236 e. The van der Waals surface area contributed by atoms with E-state index in [9.17, 15) is 8.42 Å². The molecule has 1 aromatic rings. The van der Waals surface area contributed by atoms with E-state index in [2.05, 4.69) is 15.9 Å². The van der Waals surface area contributed by atoms with Gasteiger partial charge in [0.05, 0.1) is 16.8 Å². The van der Waals surface area contributed by atoms with Gasteiger partial charge in [0, 0.05) is 16.2 Å². The number of hydrogen-bond acceptors (Lipinski definition) is 3. The quantitative estimate of drug-likeness (QED) is 0.739. The third-order valence-electron chi connectivity index (χ3n) is 3.28. The van der Waals surface area contributed by atoms with Gasteiger partial charge in [0.25, 0.3) is 0 Å². The van der Waals surface area contributed by atoms with Gasteiger partial charge < -0.3 is 4.74 Å². The Hall–Kier alpha value is -0.260. The number of rotatable bonds is 5. The molecule has 1 aliphatic carbocycles. The molecule has 0 aromatic heterocycles. The first-order valence-corrected chi connectivity index (χ1v) is 9.46. The van der Waals surface area contributed by atoms with Crippen molar-refractivity contribution in [3.05, 3.63) is 27.7 Å². The molecule has 0 N–H and O–H groups in total. The van der Waals surface area contributed by atoms with Gasteiger partial charge in [-0.15, -0.1) is 0 Å². The van der Waals surface area contributed by atoms with Crippen LogP contribution in [0.1, 0.15) is 30.4 Å². The van der Waals surface area contributed by atoms with E-state index in [1.54, 1.807) is 6.07 Å². The minimum absolute atomic E-state index is 0.213. The van der Waals surface area contributed by atoms with Gasteiger partial charge in [-0.1, -0.05) is 12.5 Å². The first kappa shape index (κ1) is 15.1. The number of ether oxygens (including phenoxy) is 1. The number of benzene rings is 1. The highest BCUT2D eigenvalue weighted by molar-refractivity contribution is 9.10. The van der Waals surface area contributed by atoms with Gasteiger partial charge in [-0.2, -0.15) is 0 Å². The second kappa shape index (κ2) is 6.02. The molecule has 1 saturated carbocycles. The third-order valence-corrected chi connectivity index (χ3v) is 4.85. The molecule has 19 heavy (non-hydrogen) atoms. The fourth-order valence-corrected chi connectivity index (χ4v) is 3.78. The average Bonchev–Trinajstić information content (AvgIpc) is 2.16. The average molecular weight is 368 g/mol. The van der Waals surface area contributed by atoms with E-state index in [4.69, 9.17) is 15.4 Å². The minimum Gasteiger partial charge on any atom is -0.492 e. The zero-order valence-corrected chi connectivity index (χ0v) is 13.8. The smallest absolute Gasteiger partial charge is 0.236 e. The zero-order chi connectivity index (χ0) is 14.0. The van der Waals surface area contributed by atoms with E-state index in [1.807, 2.05) is 13.0 Å². The van der Waals surface area contributed by atoms with Crippen LogP contribution >= 0.6 is 26.6 Å². The summed E-state index contributed by atoms with van der Waals surface area (Å²) >= 11 is 3.43. The van der Waals surface area contributed by atoms with Crippen LogP contribution in [0.5, 0.6) is 5.75 Å².